The molecule has 7 rings (SSSR count). The molecule has 0 aromatic rings. The second-order valence-electron chi connectivity index (χ2n) is 15.5. The fourth-order valence-electron chi connectivity index (χ4n) is 9.46. The van der Waals surface area contributed by atoms with Crippen LogP contribution in [0.1, 0.15) is 90.9 Å². The summed E-state index contributed by atoms with van der Waals surface area (Å²) >= 11 is 0. The number of aliphatic hydroxyl groups is 1. The van der Waals surface area contributed by atoms with Crippen LogP contribution in [0.4, 0.5) is 0 Å². The van der Waals surface area contributed by atoms with E-state index in [2.05, 4.69) is 27.0 Å². The van der Waals surface area contributed by atoms with Crippen LogP contribution in [0.3, 0.4) is 0 Å². The molecule has 264 valence electrons. The summed E-state index contributed by atoms with van der Waals surface area (Å²) in [7, 11) is 1.68. The third-order valence-electron chi connectivity index (χ3n) is 12.1. The van der Waals surface area contributed by atoms with E-state index in [9.17, 15) is 9.90 Å². The van der Waals surface area contributed by atoms with E-state index in [1.807, 2.05) is 0 Å². The van der Waals surface area contributed by atoms with Crippen molar-refractivity contribution in [2.24, 2.45) is 5.92 Å². The lowest BCUT2D eigenvalue weighted by molar-refractivity contribution is -0.266. The van der Waals surface area contributed by atoms with E-state index in [1.54, 1.807) is 7.11 Å². The Morgan fingerprint density at radius 2 is 1.79 bits per heavy atom. The number of carbonyl (C=O) groups is 1. The fourth-order valence-corrected chi connectivity index (χ4v) is 9.46. The summed E-state index contributed by atoms with van der Waals surface area (Å²) in [6.45, 7) is 13.9. The van der Waals surface area contributed by atoms with Crippen molar-refractivity contribution < 1.29 is 47.8 Å². The van der Waals surface area contributed by atoms with Gasteiger partial charge in [-0.2, -0.15) is 0 Å². The molecule has 0 spiro atoms. The first-order valence-corrected chi connectivity index (χ1v) is 18.3. The number of hydrogen-bond acceptors (Lipinski definition) is 10. The molecular weight excluding hydrogens is 604 g/mol. The van der Waals surface area contributed by atoms with Gasteiger partial charge in [-0.3, -0.25) is 4.79 Å². The minimum Gasteiger partial charge on any atom is -0.387 e. The molecular formula is C37H56O10. The largest absolute Gasteiger partial charge is 0.387 e. The maximum atomic E-state index is 13.4. The molecule has 0 aromatic carbocycles. The van der Waals surface area contributed by atoms with E-state index < -0.39 is 18.3 Å². The number of methoxy groups -OCH3 is 1. The SMILES string of the molecule is C=C1C[C@H](CC[C@]2(C)C[C@H]3O[C@@H]4[C@@H](O[C@H]5CC[C@H](CC(=O)C[C@H]6C(C[C@H]7OCCCC7=C)OC[C@@H]6OC)OC5[C@@H]4O)[C@H]3O2)O[C@H]1CC. The molecule has 0 aliphatic carbocycles. The van der Waals surface area contributed by atoms with Crippen LogP contribution >= 0.6 is 0 Å². The molecule has 0 bridgehead atoms. The second kappa shape index (κ2) is 14.2. The molecule has 2 unspecified atom stereocenters. The van der Waals surface area contributed by atoms with Gasteiger partial charge in [0.2, 0.25) is 0 Å². The normalized spacial score (nSPS) is 48.0. The van der Waals surface area contributed by atoms with Crippen molar-refractivity contribution in [2.45, 2.75) is 176 Å². The molecule has 7 fully saturated rings. The van der Waals surface area contributed by atoms with Crippen LogP contribution in [-0.2, 0) is 42.7 Å². The first kappa shape index (κ1) is 34.2. The van der Waals surface area contributed by atoms with Crippen molar-refractivity contribution in [1.82, 2.24) is 0 Å². The zero-order chi connectivity index (χ0) is 32.9. The van der Waals surface area contributed by atoms with Gasteiger partial charge in [0, 0.05) is 45.3 Å². The average Bonchev–Trinajstić information content (AvgIpc) is 3.79. The van der Waals surface area contributed by atoms with E-state index in [0.717, 1.165) is 63.5 Å². The van der Waals surface area contributed by atoms with E-state index in [-0.39, 0.29) is 78.3 Å². The Hall–Kier alpha value is -1.21. The molecule has 47 heavy (non-hydrogen) atoms. The van der Waals surface area contributed by atoms with Crippen molar-refractivity contribution >= 4 is 5.78 Å². The highest BCUT2D eigenvalue weighted by molar-refractivity contribution is 5.79. The highest BCUT2D eigenvalue weighted by Crippen LogP contribution is 2.48. The van der Waals surface area contributed by atoms with Crippen LogP contribution in [0, 0.1) is 5.92 Å². The maximum Gasteiger partial charge on any atom is 0.135 e. The molecule has 0 amide bonds. The van der Waals surface area contributed by atoms with E-state index >= 15 is 0 Å². The van der Waals surface area contributed by atoms with Crippen LogP contribution in [0.2, 0.25) is 0 Å². The highest BCUT2D eigenvalue weighted by atomic mass is 16.7. The van der Waals surface area contributed by atoms with Crippen LogP contribution in [0.15, 0.2) is 24.3 Å². The number of carbonyl (C=O) groups excluding carboxylic acids is 1. The molecule has 7 heterocycles. The number of fused-ring (bicyclic) bond motifs is 4. The summed E-state index contributed by atoms with van der Waals surface area (Å²) in [5, 5.41) is 11.5. The van der Waals surface area contributed by atoms with Gasteiger partial charge in [0.15, 0.2) is 0 Å². The zero-order valence-electron chi connectivity index (χ0n) is 28.5. The Morgan fingerprint density at radius 3 is 2.55 bits per heavy atom. The lowest BCUT2D eigenvalue weighted by atomic mass is 9.85. The lowest BCUT2D eigenvalue weighted by Gasteiger charge is -2.47. The van der Waals surface area contributed by atoms with Crippen LogP contribution in [-0.4, -0.2) is 116 Å². The summed E-state index contributed by atoms with van der Waals surface area (Å²) in [6.07, 6.45) is 6.20. The topological polar surface area (TPSA) is 111 Å². The van der Waals surface area contributed by atoms with Gasteiger partial charge in [-0.05, 0) is 69.4 Å². The summed E-state index contributed by atoms with van der Waals surface area (Å²) < 4.78 is 50.1. The molecule has 15 atom stereocenters. The molecule has 0 saturated carbocycles. The monoisotopic (exact) mass is 660 g/mol. The first-order chi connectivity index (χ1) is 22.6. The minimum atomic E-state index is -0.838. The van der Waals surface area contributed by atoms with Crippen LogP contribution in [0.25, 0.3) is 0 Å². The Bertz CT molecular complexity index is 1160. The Labute approximate surface area is 279 Å². The predicted octanol–water partition coefficient (Wildman–Crippen LogP) is 4.39. The number of Topliss-reactive ketones (excluding diaryl/α,β-unsaturated/α-hetero) is 1. The van der Waals surface area contributed by atoms with Crippen molar-refractivity contribution in [2.75, 3.05) is 20.3 Å². The quantitative estimate of drug-likeness (QED) is 0.321. The van der Waals surface area contributed by atoms with Gasteiger partial charge < -0.3 is 43.0 Å². The average molecular weight is 661 g/mol. The van der Waals surface area contributed by atoms with E-state index in [1.165, 1.54) is 5.57 Å². The van der Waals surface area contributed by atoms with Crippen molar-refractivity contribution in [3.05, 3.63) is 24.3 Å². The molecule has 7 saturated heterocycles. The van der Waals surface area contributed by atoms with E-state index in [4.69, 9.17) is 37.9 Å². The third-order valence-corrected chi connectivity index (χ3v) is 12.1. The molecule has 7 aliphatic rings. The van der Waals surface area contributed by atoms with Gasteiger partial charge in [0.1, 0.15) is 36.3 Å². The second-order valence-corrected chi connectivity index (χ2v) is 15.5. The van der Waals surface area contributed by atoms with Crippen molar-refractivity contribution in [3.63, 3.8) is 0 Å². The van der Waals surface area contributed by atoms with Gasteiger partial charge in [0.05, 0.1) is 61.0 Å². The fraction of sp³-hybridized carbons (Fsp3) is 0.865. The van der Waals surface area contributed by atoms with Gasteiger partial charge in [-0.15, -0.1) is 0 Å². The molecule has 0 radical (unpaired) electrons. The van der Waals surface area contributed by atoms with Crippen LogP contribution < -0.4 is 0 Å². The molecule has 10 nitrogen and oxygen atoms in total. The van der Waals surface area contributed by atoms with Gasteiger partial charge >= 0.3 is 0 Å². The summed E-state index contributed by atoms with van der Waals surface area (Å²) in [6, 6.07) is 0. The van der Waals surface area contributed by atoms with E-state index in [0.29, 0.717) is 32.3 Å². The highest BCUT2D eigenvalue weighted by Gasteiger charge is 2.62. The molecule has 10 heteroatoms. The number of hydrogen-bond donors (Lipinski definition) is 1. The number of ether oxygens (including phenoxy) is 8. The molecule has 1 N–H and O–H groups in total. The summed E-state index contributed by atoms with van der Waals surface area (Å²) in [5.74, 6) is 0.0854. The molecule has 7 aliphatic heterocycles. The third kappa shape index (κ3) is 7.06. The van der Waals surface area contributed by atoms with Gasteiger partial charge in [0.25, 0.3) is 0 Å². The predicted molar refractivity (Wildman–Crippen MR) is 172 cm³/mol. The van der Waals surface area contributed by atoms with Crippen molar-refractivity contribution in [1.29, 1.82) is 0 Å². The number of rotatable bonds is 11. The molecule has 0 aromatic heterocycles. The standard InChI is InChI=1S/C37H56O10/c1-6-26-21(3)14-24(43-26)11-12-37(4)18-30-34(47-37)36-35(46-30)32(39)33-27(45-36)10-9-23(44-33)15-22(38)16-25-29(42-19-31(25)40-5)17-28-20(2)8-7-13-41-28/h23-36,39H,2-3,6-19H2,1,4-5H3/t23-,24+,25+,26+,27+,28-,29?,30-,31+,32+,33?,34+,35+,36+,37-/m1/s1. The zero-order valence-corrected chi connectivity index (χ0v) is 28.5. The Morgan fingerprint density at radius 1 is 0.957 bits per heavy atom. The Kier molecular flexibility index (Phi) is 10.3. The van der Waals surface area contributed by atoms with Gasteiger partial charge in [-0.25, -0.2) is 0 Å². The van der Waals surface area contributed by atoms with Crippen LogP contribution in [0.5, 0.6) is 0 Å². The number of ketones is 1. The number of aliphatic hydroxyl groups excluding tert-OH is 1. The smallest absolute Gasteiger partial charge is 0.135 e. The minimum absolute atomic E-state index is 0.0326. The summed E-state index contributed by atoms with van der Waals surface area (Å²) in [5.41, 5.74) is 1.98. The Balaban J connectivity index is 0.901. The summed E-state index contributed by atoms with van der Waals surface area (Å²) in [4.78, 5) is 13.4. The maximum absolute atomic E-state index is 13.4. The lowest BCUT2D eigenvalue weighted by Crippen LogP contribution is -2.61. The first-order valence-electron chi connectivity index (χ1n) is 18.3. The van der Waals surface area contributed by atoms with Crippen molar-refractivity contribution in [3.8, 4) is 0 Å². The van der Waals surface area contributed by atoms with Gasteiger partial charge in [-0.1, -0.05) is 20.1 Å².